The second kappa shape index (κ2) is 6.30. The van der Waals surface area contributed by atoms with Crippen molar-refractivity contribution in [1.29, 1.82) is 0 Å². The molecule has 3 rings (SSSR count). The maximum Gasteiger partial charge on any atom is 0.276 e. The summed E-state index contributed by atoms with van der Waals surface area (Å²) in [6.07, 6.45) is 2.56. The highest BCUT2D eigenvalue weighted by Gasteiger charge is 2.06. The predicted octanol–water partition coefficient (Wildman–Crippen LogP) is 2.75. The molecule has 1 N–H and O–H groups in total. The van der Waals surface area contributed by atoms with E-state index in [4.69, 9.17) is 4.74 Å². The van der Waals surface area contributed by atoms with Crippen molar-refractivity contribution in [3.05, 3.63) is 60.4 Å². The molecule has 1 heterocycles. The maximum atomic E-state index is 12.0. The molecule has 0 bridgehead atoms. The Morgan fingerprint density at radius 3 is 2.73 bits per heavy atom. The van der Waals surface area contributed by atoms with Crippen LogP contribution in [-0.4, -0.2) is 22.2 Å². The van der Waals surface area contributed by atoms with Crippen LogP contribution in [0.3, 0.4) is 0 Å². The Bertz CT molecular complexity index is 778. The highest BCUT2D eigenvalue weighted by atomic mass is 16.5. The normalized spacial score (nSPS) is 10.6. The van der Waals surface area contributed by atoms with Crippen molar-refractivity contribution in [3.8, 4) is 5.75 Å². The average Bonchev–Trinajstić information content (AvgIpc) is 2.97. The number of imidazole rings is 1. The number of aryl methyl sites for hydroxylation is 1. The van der Waals surface area contributed by atoms with Gasteiger partial charge in [0.25, 0.3) is 5.91 Å². The van der Waals surface area contributed by atoms with Crippen LogP contribution in [0.4, 0.5) is 0 Å². The molecule has 0 unspecified atom stereocenters. The number of para-hydroxylation sites is 2. The molecule has 5 nitrogen and oxygen atoms in total. The Kier molecular flexibility index (Phi) is 4.05. The maximum absolute atomic E-state index is 12.0. The molecule has 1 amide bonds. The van der Waals surface area contributed by atoms with Crippen molar-refractivity contribution in [1.82, 2.24) is 9.66 Å². The molecule has 22 heavy (non-hydrogen) atoms. The minimum Gasteiger partial charge on any atom is -0.484 e. The first-order valence-electron chi connectivity index (χ1n) is 7.20. The van der Waals surface area contributed by atoms with Gasteiger partial charge in [-0.15, -0.1) is 0 Å². The molecule has 0 atom stereocenters. The molecule has 0 aliphatic heterocycles. The van der Waals surface area contributed by atoms with E-state index in [0.717, 1.165) is 17.5 Å². The summed E-state index contributed by atoms with van der Waals surface area (Å²) in [7, 11) is 0. The van der Waals surface area contributed by atoms with Gasteiger partial charge in [0.15, 0.2) is 6.61 Å². The van der Waals surface area contributed by atoms with E-state index in [-0.39, 0.29) is 12.5 Å². The smallest absolute Gasteiger partial charge is 0.276 e. The number of benzene rings is 2. The summed E-state index contributed by atoms with van der Waals surface area (Å²) in [5.74, 6) is 0.450. The van der Waals surface area contributed by atoms with Crippen LogP contribution < -0.4 is 10.2 Å². The van der Waals surface area contributed by atoms with E-state index in [1.807, 2.05) is 48.5 Å². The van der Waals surface area contributed by atoms with Gasteiger partial charge in [-0.3, -0.25) is 10.2 Å². The van der Waals surface area contributed by atoms with Gasteiger partial charge in [-0.2, -0.15) is 0 Å². The van der Waals surface area contributed by atoms with Gasteiger partial charge in [-0.25, -0.2) is 9.66 Å². The van der Waals surface area contributed by atoms with Crippen LogP contribution in [0, 0.1) is 0 Å². The molecule has 5 heteroatoms. The number of rotatable bonds is 5. The van der Waals surface area contributed by atoms with Gasteiger partial charge in [-0.05, 0) is 36.2 Å². The fourth-order valence-electron chi connectivity index (χ4n) is 2.19. The van der Waals surface area contributed by atoms with E-state index in [2.05, 4.69) is 17.3 Å². The number of ether oxygens (including phenoxy) is 1. The Balaban J connectivity index is 1.60. The topological polar surface area (TPSA) is 56.1 Å². The summed E-state index contributed by atoms with van der Waals surface area (Å²) in [4.78, 5) is 16.2. The Morgan fingerprint density at radius 2 is 1.95 bits per heavy atom. The molecule has 3 aromatic rings. The summed E-state index contributed by atoms with van der Waals surface area (Å²) in [6.45, 7) is 2.05. The van der Waals surface area contributed by atoms with Crippen molar-refractivity contribution in [2.24, 2.45) is 0 Å². The predicted molar refractivity (Wildman–Crippen MR) is 85.4 cm³/mol. The average molecular weight is 295 g/mol. The van der Waals surface area contributed by atoms with Crippen molar-refractivity contribution in [2.75, 3.05) is 12.0 Å². The minimum absolute atomic E-state index is 0.0437. The van der Waals surface area contributed by atoms with Gasteiger partial charge in [0, 0.05) is 0 Å². The van der Waals surface area contributed by atoms with Gasteiger partial charge >= 0.3 is 0 Å². The van der Waals surface area contributed by atoms with E-state index in [1.54, 1.807) is 11.0 Å². The molecule has 0 saturated carbocycles. The summed E-state index contributed by atoms with van der Waals surface area (Å²) in [5, 5.41) is 0. The van der Waals surface area contributed by atoms with Crippen molar-refractivity contribution in [2.45, 2.75) is 13.3 Å². The van der Waals surface area contributed by atoms with Gasteiger partial charge in [0.2, 0.25) is 0 Å². The third-order valence-corrected chi connectivity index (χ3v) is 3.40. The number of carbonyl (C=O) groups is 1. The van der Waals surface area contributed by atoms with E-state index in [0.29, 0.717) is 5.75 Å². The first kappa shape index (κ1) is 14.1. The Labute approximate surface area is 128 Å². The van der Waals surface area contributed by atoms with Crippen LogP contribution in [-0.2, 0) is 11.2 Å². The lowest BCUT2D eigenvalue weighted by molar-refractivity contribution is -0.119. The lowest BCUT2D eigenvalue weighted by Crippen LogP contribution is -2.27. The summed E-state index contributed by atoms with van der Waals surface area (Å²) >= 11 is 0. The van der Waals surface area contributed by atoms with Crippen LogP contribution >= 0.6 is 0 Å². The Hall–Kier alpha value is -2.82. The number of hydrogen-bond acceptors (Lipinski definition) is 3. The van der Waals surface area contributed by atoms with Crippen molar-refractivity contribution < 1.29 is 9.53 Å². The quantitative estimate of drug-likeness (QED) is 0.787. The first-order valence-corrected chi connectivity index (χ1v) is 7.20. The number of amides is 1. The number of nitrogens with one attached hydrogen (secondary N) is 1. The summed E-state index contributed by atoms with van der Waals surface area (Å²) in [6, 6.07) is 15.3. The summed E-state index contributed by atoms with van der Waals surface area (Å²) in [5.41, 5.74) is 5.67. The number of hydrogen-bond donors (Lipinski definition) is 1. The lowest BCUT2D eigenvalue weighted by Gasteiger charge is -2.09. The molecule has 0 fully saturated rings. The second-order valence-electron chi connectivity index (χ2n) is 4.92. The lowest BCUT2D eigenvalue weighted by atomic mass is 10.2. The number of fused-ring (bicyclic) bond motifs is 1. The van der Waals surface area contributed by atoms with Crippen LogP contribution in [0.15, 0.2) is 54.9 Å². The standard InChI is InChI=1S/C17H17N3O2/c1-2-13-7-9-14(10-8-13)22-11-17(21)19-20-12-18-15-5-3-4-6-16(15)20/h3-10,12H,2,11H2,1H3,(H,19,21). The molecule has 2 aromatic carbocycles. The fourth-order valence-corrected chi connectivity index (χ4v) is 2.19. The highest BCUT2D eigenvalue weighted by molar-refractivity contribution is 5.87. The monoisotopic (exact) mass is 295 g/mol. The Morgan fingerprint density at radius 1 is 1.18 bits per heavy atom. The molecule has 0 aliphatic carbocycles. The van der Waals surface area contributed by atoms with E-state index in [9.17, 15) is 4.79 Å². The third kappa shape index (κ3) is 3.09. The zero-order chi connectivity index (χ0) is 15.4. The van der Waals surface area contributed by atoms with Crippen LogP contribution in [0.1, 0.15) is 12.5 Å². The van der Waals surface area contributed by atoms with Gasteiger partial charge in [-0.1, -0.05) is 31.2 Å². The third-order valence-electron chi connectivity index (χ3n) is 3.40. The second-order valence-corrected chi connectivity index (χ2v) is 4.92. The SMILES string of the molecule is CCc1ccc(OCC(=O)Nn2cnc3ccccc32)cc1. The molecule has 1 aromatic heterocycles. The van der Waals surface area contributed by atoms with Crippen molar-refractivity contribution in [3.63, 3.8) is 0 Å². The molecular formula is C17H17N3O2. The fraction of sp³-hybridized carbons (Fsp3) is 0.176. The largest absolute Gasteiger partial charge is 0.484 e. The van der Waals surface area contributed by atoms with Crippen LogP contribution in [0.25, 0.3) is 11.0 Å². The zero-order valence-electron chi connectivity index (χ0n) is 12.3. The van der Waals surface area contributed by atoms with Crippen LogP contribution in [0.5, 0.6) is 5.75 Å². The molecule has 0 saturated heterocycles. The molecule has 0 spiro atoms. The van der Waals surface area contributed by atoms with E-state index in [1.165, 1.54) is 5.56 Å². The summed E-state index contributed by atoms with van der Waals surface area (Å²) < 4.78 is 7.08. The van der Waals surface area contributed by atoms with Crippen molar-refractivity contribution >= 4 is 16.9 Å². The first-order chi connectivity index (χ1) is 10.8. The number of nitrogens with zero attached hydrogens (tertiary/aromatic N) is 2. The minimum atomic E-state index is -0.234. The van der Waals surface area contributed by atoms with Gasteiger partial charge in [0.1, 0.15) is 12.1 Å². The molecule has 112 valence electrons. The molecule has 0 aliphatic rings. The van der Waals surface area contributed by atoms with Gasteiger partial charge in [0.05, 0.1) is 11.0 Å². The molecular weight excluding hydrogens is 278 g/mol. The zero-order valence-corrected chi connectivity index (χ0v) is 12.3. The van der Waals surface area contributed by atoms with Gasteiger partial charge < -0.3 is 4.74 Å². The van der Waals surface area contributed by atoms with E-state index < -0.39 is 0 Å². The number of aromatic nitrogens is 2. The number of carbonyl (C=O) groups excluding carboxylic acids is 1. The molecule has 0 radical (unpaired) electrons. The van der Waals surface area contributed by atoms with E-state index >= 15 is 0 Å². The highest BCUT2D eigenvalue weighted by Crippen LogP contribution is 2.13. The van der Waals surface area contributed by atoms with Crippen LogP contribution in [0.2, 0.25) is 0 Å².